The average Bonchev–Trinajstić information content (AvgIpc) is 2.37. The summed E-state index contributed by atoms with van der Waals surface area (Å²) in [5.74, 6) is -0.729. The van der Waals surface area contributed by atoms with Crippen molar-refractivity contribution in [3.63, 3.8) is 0 Å². The topological polar surface area (TPSA) is 72.8 Å². The van der Waals surface area contributed by atoms with Crippen molar-refractivity contribution in [2.75, 3.05) is 13.2 Å². The molecule has 0 fully saturated rings. The fraction of sp³-hybridized carbons (Fsp3) is 0.429. The normalized spacial score (nSPS) is 10.1. The van der Waals surface area contributed by atoms with Crippen LogP contribution in [0.3, 0.4) is 0 Å². The molecule has 0 amide bonds. The van der Waals surface area contributed by atoms with E-state index in [1.165, 1.54) is 0 Å². The summed E-state index contributed by atoms with van der Waals surface area (Å²) in [7, 11) is 0. The minimum Gasteiger partial charge on any atom is -0.493 e. The maximum atomic E-state index is 11.5. The molecule has 0 aliphatic rings. The molecule has 0 radical (unpaired) electrons. The molecule has 1 aromatic carbocycles. The first-order chi connectivity index (χ1) is 9.52. The van der Waals surface area contributed by atoms with Gasteiger partial charge < -0.3 is 14.6 Å². The van der Waals surface area contributed by atoms with Crippen LogP contribution in [0.2, 0.25) is 5.02 Å². The lowest BCUT2D eigenvalue weighted by molar-refractivity contribution is -0.142. The van der Waals surface area contributed by atoms with Gasteiger partial charge in [0.2, 0.25) is 0 Å². The van der Waals surface area contributed by atoms with Crippen LogP contribution in [-0.4, -0.2) is 30.3 Å². The number of benzene rings is 1. The second kappa shape index (κ2) is 8.43. The molecular formula is C14H17ClO5. The van der Waals surface area contributed by atoms with E-state index in [-0.39, 0.29) is 25.4 Å². The van der Waals surface area contributed by atoms with E-state index < -0.39 is 5.97 Å². The molecule has 0 aliphatic carbocycles. The Hall–Kier alpha value is -1.75. The number of aliphatic carboxylic acids is 1. The Kier molecular flexibility index (Phi) is 6.87. The summed E-state index contributed by atoms with van der Waals surface area (Å²) in [6, 6.07) is 4.98. The highest BCUT2D eigenvalue weighted by Crippen LogP contribution is 2.24. The molecule has 6 heteroatoms. The number of hydrogen-bond acceptors (Lipinski definition) is 4. The van der Waals surface area contributed by atoms with E-state index in [1.54, 1.807) is 25.1 Å². The monoisotopic (exact) mass is 300 g/mol. The Morgan fingerprint density at radius 3 is 2.75 bits per heavy atom. The van der Waals surface area contributed by atoms with Gasteiger partial charge in [-0.25, -0.2) is 0 Å². The number of halogens is 1. The highest BCUT2D eigenvalue weighted by atomic mass is 35.5. The zero-order valence-electron chi connectivity index (χ0n) is 11.2. The predicted octanol–water partition coefficient (Wildman–Crippen LogP) is 2.69. The highest BCUT2D eigenvalue weighted by molar-refractivity contribution is 6.30. The summed E-state index contributed by atoms with van der Waals surface area (Å²) in [5, 5.41) is 9.04. The van der Waals surface area contributed by atoms with E-state index in [0.717, 1.165) is 0 Å². The van der Waals surface area contributed by atoms with E-state index in [4.69, 9.17) is 26.2 Å². The quantitative estimate of drug-likeness (QED) is 0.590. The third-order valence-corrected chi connectivity index (χ3v) is 2.70. The fourth-order valence-corrected chi connectivity index (χ4v) is 1.74. The second-order valence-electron chi connectivity index (χ2n) is 4.08. The minimum absolute atomic E-state index is 0.0355. The molecule has 0 spiro atoms. The zero-order valence-corrected chi connectivity index (χ0v) is 12.0. The maximum absolute atomic E-state index is 11.5. The molecule has 0 saturated carbocycles. The molecular weight excluding hydrogens is 284 g/mol. The summed E-state index contributed by atoms with van der Waals surface area (Å²) in [4.78, 5) is 21.9. The molecule has 20 heavy (non-hydrogen) atoms. The lowest BCUT2D eigenvalue weighted by atomic mass is 10.1. The number of carboxylic acids is 1. The molecule has 0 bridgehead atoms. The molecule has 110 valence electrons. The van der Waals surface area contributed by atoms with E-state index in [9.17, 15) is 9.59 Å². The van der Waals surface area contributed by atoms with Gasteiger partial charge in [0.05, 0.1) is 19.6 Å². The molecule has 0 aliphatic heterocycles. The van der Waals surface area contributed by atoms with Crippen molar-refractivity contribution in [3.05, 3.63) is 28.8 Å². The highest BCUT2D eigenvalue weighted by Gasteiger charge is 2.11. The van der Waals surface area contributed by atoms with Crippen LogP contribution in [0.4, 0.5) is 0 Å². The van der Waals surface area contributed by atoms with Gasteiger partial charge in [-0.3, -0.25) is 9.59 Å². The molecule has 1 N–H and O–H groups in total. The predicted molar refractivity (Wildman–Crippen MR) is 74.2 cm³/mol. The van der Waals surface area contributed by atoms with Gasteiger partial charge in [-0.2, -0.15) is 0 Å². The first-order valence-corrected chi connectivity index (χ1v) is 6.69. The Morgan fingerprint density at radius 2 is 2.10 bits per heavy atom. The Bertz CT molecular complexity index is 473. The smallest absolute Gasteiger partial charge is 0.310 e. The molecule has 5 nitrogen and oxygen atoms in total. The van der Waals surface area contributed by atoms with E-state index in [1.807, 2.05) is 0 Å². The van der Waals surface area contributed by atoms with Crippen molar-refractivity contribution in [2.45, 2.75) is 26.2 Å². The number of ether oxygens (including phenoxy) is 2. The van der Waals surface area contributed by atoms with Gasteiger partial charge in [-0.1, -0.05) is 17.7 Å². The van der Waals surface area contributed by atoms with Crippen LogP contribution in [0.5, 0.6) is 5.75 Å². The Balaban J connectivity index is 2.64. The molecule has 0 saturated heterocycles. The number of hydrogen-bond donors (Lipinski definition) is 1. The Morgan fingerprint density at radius 1 is 1.35 bits per heavy atom. The molecule has 0 unspecified atom stereocenters. The number of carbonyl (C=O) groups excluding carboxylic acids is 1. The average molecular weight is 301 g/mol. The van der Waals surface area contributed by atoms with Crippen LogP contribution in [-0.2, 0) is 20.7 Å². The first kappa shape index (κ1) is 16.3. The van der Waals surface area contributed by atoms with Gasteiger partial charge in [0, 0.05) is 17.0 Å². The lowest BCUT2D eigenvalue weighted by Crippen LogP contribution is -2.10. The van der Waals surface area contributed by atoms with E-state index in [2.05, 4.69) is 0 Å². The minimum atomic E-state index is -0.869. The van der Waals surface area contributed by atoms with Gasteiger partial charge in [-0.15, -0.1) is 0 Å². The van der Waals surface area contributed by atoms with Crippen LogP contribution in [0, 0.1) is 0 Å². The van der Waals surface area contributed by atoms with Crippen LogP contribution in [0.15, 0.2) is 18.2 Å². The van der Waals surface area contributed by atoms with Crippen molar-refractivity contribution < 1.29 is 24.2 Å². The fourth-order valence-electron chi connectivity index (χ4n) is 1.58. The number of rotatable bonds is 8. The van der Waals surface area contributed by atoms with Gasteiger partial charge in [0.15, 0.2) is 0 Å². The van der Waals surface area contributed by atoms with Gasteiger partial charge in [0.25, 0.3) is 0 Å². The second-order valence-corrected chi connectivity index (χ2v) is 4.52. The standard InChI is InChI=1S/C14H17ClO5/c1-2-19-14(18)8-10-5-6-11(15)9-12(10)20-7-3-4-13(16)17/h5-6,9H,2-4,7-8H2,1H3,(H,16,17). The van der Waals surface area contributed by atoms with E-state index in [0.29, 0.717) is 29.4 Å². The molecule has 0 atom stereocenters. The van der Waals surface area contributed by atoms with Gasteiger partial charge in [-0.05, 0) is 25.5 Å². The number of carbonyl (C=O) groups is 2. The van der Waals surface area contributed by atoms with Crippen LogP contribution in [0.25, 0.3) is 0 Å². The first-order valence-electron chi connectivity index (χ1n) is 6.31. The molecule has 0 heterocycles. The maximum Gasteiger partial charge on any atom is 0.310 e. The summed E-state index contributed by atoms with van der Waals surface area (Å²) < 4.78 is 10.4. The van der Waals surface area contributed by atoms with Crippen molar-refractivity contribution in [3.8, 4) is 5.75 Å². The van der Waals surface area contributed by atoms with Crippen LogP contribution < -0.4 is 4.74 Å². The third kappa shape index (κ3) is 5.93. The summed E-state index contributed by atoms with van der Waals surface area (Å²) in [6.45, 7) is 2.31. The lowest BCUT2D eigenvalue weighted by Gasteiger charge is -2.11. The van der Waals surface area contributed by atoms with Crippen molar-refractivity contribution in [1.82, 2.24) is 0 Å². The number of carboxylic acid groups (broad SMARTS) is 1. The molecule has 0 aromatic heterocycles. The zero-order chi connectivity index (χ0) is 15.0. The SMILES string of the molecule is CCOC(=O)Cc1ccc(Cl)cc1OCCCC(=O)O. The van der Waals surface area contributed by atoms with Crippen LogP contribution >= 0.6 is 11.6 Å². The Labute approximate surface area is 122 Å². The summed E-state index contributed by atoms with van der Waals surface area (Å²) in [5.41, 5.74) is 0.670. The van der Waals surface area contributed by atoms with E-state index >= 15 is 0 Å². The molecule has 1 rings (SSSR count). The largest absolute Gasteiger partial charge is 0.493 e. The molecule has 1 aromatic rings. The summed E-state index contributed by atoms with van der Waals surface area (Å²) in [6.07, 6.45) is 0.522. The van der Waals surface area contributed by atoms with Crippen molar-refractivity contribution >= 4 is 23.5 Å². The van der Waals surface area contributed by atoms with Crippen LogP contribution in [0.1, 0.15) is 25.3 Å². The van der Waals surface area contributed by atoms with Gasteiger partial charge >= 0.3 is 11.9 Å². The number of esters is 1. The third-order valence-electron chi connectivity index (χ3n) is 2.46. The van der Waals surface area contributed by atoms with Crippen molar-refractivity contribution in [1.29, 1.82) is 0 Å². The van der Waals surface area contributed by atoms with Gasteiger partial charge in [0.1, 0.15) is 5.75 Å². The summed E-state index contributed by atoms with van der Waals surface area (Å²) >= 11 is 5.89. The van der Waals surface area contributed by atoms with Crippen molar-refractivity contribution in [2.24, 2.45) is 0 Å².